The lowest BCUT2D eigenvalue weighted by molar-refractivity contribution is 0.0630. The van der Waals surface area contributed by atoms with Gasteiger partial charge in [-0.15, -0.1) is 0 Å². The van der Waals surface area contributed by atoms with Gasteiger partial charge in [0, 0.05) is 38.3 Å². The average molecular weight is 516 g/mol. The number of benzene rings is 2. The minimum absolute atomic E-state index is 0.130. The Bertz CT molecular complexity index is 1370. The van der Waals surface area contributed by atoms with Crippen molar-refractivity contribution in [1.82, 2.24) is 24.4 Å². The van der Waals surface area contributed by atoms with Crippen LogP contribution in [0.25, 0.3) is 16.9 Å². The zero-order chi connectivity index (χ0) is 24.5. The number of rotatable bonds is 5. The van der Waals surface area contributed by atoms with Crippen molar-refractivity contribution < 1.29 is 13.6 Å². The minimum Gasteiger partial charge on any atom is -0.336 e. The first kappa shape index (κ1) is 23.7. The van der Waals surface area contributed by atoms with Gasteiger partial charge in [0.1, 0.15) is 11.3 Å². The number of carbonyl (C=O) groups excluding carboxylic acids is 1. The molecule has 1 aliphatic rings. The molecule has 0 aliphatic carbocycles. The van der Waals surface area contributed by atoms with E-state index in [1.807, 2.05) is 30.3 Å². The van der Waals surface area contributed by atoms with Crippen LogP contribution in [0.4, 0.5) is 8.78 Å². The first-order valence-corrected chi connectivity index (χ1v) is 11.8. The molecular formula is C25H21Cl2F2N5O. The van der Waals surface area contributed by atoms with Crippen LogP contribution in [0.2, 0.25) is 10.0 Å². The fourth-order valence-corrected chi connectivity index (χ4v) is 4.55. The summed E-state index contributed by atoms with van der Waals surface area (Å²) in [6.45, 7) is 3.01. The van der Waals surface area contributed by atoms with Gasteiger partial charge in [0.05, 0.1) is 21.9 Å². The van der Waals surface area contributed by atoms with Crippen molar-refractivity contribution in [3.63, 3.8) is 0 Å². The number of aromatic nitrogens is 3. The molecule has 0 atom stereocenters. The van der Waals surface area contributed by atoms with Gasteiger partial charge in [-0.25, -0.2) is 18.3 Å². The second-order valence-electron chi connectivity index (χ2n) is 8.34. The number of amides is 1. The quantitative estimate of drug-likeness (QED) is 0.347. The summed E-state index contributed by atoms with van der Waals surface area (Å²) >= 11 is 12.1. The Morgan fingerprint density at radius 2 is 1.71 bits per heavy atom. The van der Waals surface area contributed by atoms with Gasteiger partial charge in [0.25, 0.3) is 12.3 Å². The largest absolute Gasteiger partial charge is 0.336 e. The molecule has 1 saturated heterocycles. The topological polar surface area (TPSA) is 53.7 Å². The molecule has 180 valence electrons. The van der Waals surface area contributed by atoms with Crippen LogP contribution >= 0.6 is 23.2 Å². The Morgan fingerprint density at radius 3 is 2.40 bits per heavy atom. The normalized spacial score (nSPS) is 14.7. The van der Waals surface area contributed by atoms with E-state index < -0.39 is 6.43 Å². The number of alkyl halides is 2. The number of carbonyl (C=O) groups is 1. The summed E-state index contributed by atoms with van der Waals surface area (Å²) < 4.78 is 28.7. The monoisotopic (exact) mass is 515 g/mol. The maximum Gasteiger partial charge on any atom is 0.280 e. The standard InChI is InChI=1S/C25H21Cl2F2N5O/c26-19-7-6-16(12-20(19)27)15-32-8-10-33(11-9-32)25(35)18-14-30-34-22(23(28)29)13-21(31-24(18)34)17-4-2-1-3-5-17/h1-7,12-14,23H,8-11,15H2. The summed E-state index contributed by atoms with van der Waals surface area (Å²) in [5.74, 6) is -0.271. The predicted octanol–water partition coefficient (Wildman–Crippen LogP) is 5.60. The molecule has 5 rings (SSSR count). The molecule has 4 aromatic rings. The Kier molecular flexibility index (Phi) is 6.69. The number of piperazine rings is 1. The predicted molar refractivity (Wildman–Crippen MR) is 131 cm³/mol. The smallest absolute Gasteiger partial charge is 0.280 e. The van der Waals surface area contributed by atoms with Gasteiger partial charge in [-0.2, -0.15) is 5.10 Å². The van der Waals surface area contributed by atoms with E-state index in [0.29, 0.717) is 54.0 Å². The van der Waals surface area contributed by atoms with Crippen LogP contribution < -0.4 is 0 Å². The van der Waals surface area contributed by atoms with Gasteiger partial charge in [0.2, 0.25) is 0 Å². The van der Waals surface area contributed by atoms with E-state index in [4.69, 9.17) is 23.2 Å². The molecule has 1 amide bonds. The van der Waals surface area contributed by atoms with E-state index in [2.05, 4.69) is 15.0 Å². The number of nitrogens with zero attached hydrogens (tertiary/aromatic N) is 5. The molecule has 0 N–H and O–H groups in total. The van der Waals surface area contributed by atoms with Crippen molar-refractivity contribution in [2.24, 2.45) is 0 Å². The summed E-state index contributed by atoms with van der Waals surface area (Å²) in [5.41, 5.74) is 2.13. The summed E-state index contributed by atoms with van der Waals surface area (Å²) in [4.78, 5) is 21.8. The lowest BCUT2D eigenvalue weighted by Crippen LogP contribution is -2.48. The van der Waals surface area contributed by atoms with Gasteiger partial charge in [-0.1, -0.05) is 59.6 Å². The summed E-state index contributed by atoms with van der Waals surface area (Å²) in [5, 5.41) is 5.09. The van der Waals surface area contributed by atoms with Crippen LogP contribution in [-0.2, 0) is 6.54 Å². The summed E-state index contributed by atoms with van der Waals surface area (Å²) in [6.07, 6.45) is -1.44. The fraction of sp³-hybridized carbons (Fsp3) is 0.240. The van der Waals surface area contributed by atoms with Gasteiger partial charge in [-0.05, 0) is 23.8 Å². The molecule has 10 heteroatoms. The second-order valence-corrected chi connectivity index (χ2v) is 9.16. The number of hydrogen-bond acceptors (Lipinski definition) is 4. The molecule has 6 nitrogen and oxygen atoms in total. The lowest BCUT2D eigenvalue weighted by Gasteiger charge is -2.34. The van der Waals surface area contributed by atoms with E-state index in [-0.39, 0.29) is 22.8 Å². The Labute approximate surface area is 210 Å². The number of fused-ring (bicyclic) bond motifs is 1. The molecule has 0 radical (unpaired) electrons. The average Bonchev–Trinajstić information content (AvgIpc) is 3.30. The third-order valence-corrected chi connectivity index (χ3v) is 6.81. The molecule has 2 aromatic carbocycles. The third-order valence-electron chi connectivity index (χ3n) is 6.07. The van der Waals surface area contributed by atoms with Gasteiger partial charge < -0.3 is 4.90 Å². The lowest BCUT2D eigenvalue weighted by atomic mass is 10.1. The van der Waals surface area contributed by atoms with Crippen LogP contribution in [-0.4, -0.2) is 56.5 Å². The molecule has 2 aromatic heterocycles. The van der Waals surface area contributed by atoms with Crippen molar-refractivity contribution in [2.75, 3.05) is 26.2 Å². The van der Waals surface area contributed by atoms with E-state index in [0.717, 1.165) is 10.1 Å². The second kappa shape index (κ2) is 9.89. The van der Waals surface area contributed by atoms with Crippen LogP contribution in [0.15, 0.2) is 60.8 Å². The van der Waals surface area contributed by atoms with Crippen LogP contribution in [0.5, 0.6) is 0 Å². The molecule has 1 fully saturated rings. The third kappa shape index (κ3) is 4.87. The first-order chi connectivity index (χ1) is 16.9. The molecule has 1 aliphatic heterocycles. The van der Waals surface area contributed by atoms with E-state index in [1.54, 1.807) is 23.1 Å². The van der Waals surface area contributed by atoms with Crippen molar-refractivity contribution in [3.8, 4) is 11.3 Å². The van der Waals surface area contributed by atoms with Crippen LogP contribution in [0, 0.1) is 0 Å². The van der Waals surface area contributed by atoms with E-state index in [9.17, 15) is 13.6 Å². The molecule has 0 bridgehead atoms. The maximum absolute atomic E-state index is 13.8. The Morgan fingerprint density at radius 1 is 0.971 bits per heavy atom. The maximum atomic E-state index is 13.8. The van der Waals surface area contributed by atoms with Crippen molar-refractivity contribution in [2.45, 2.75) is 13.0 Å². The van der Waals surface area contributed by atoms with Crippen LogP contribution in [0.3, 0.4) is 0 Å². The summed E-state index contributed by atoms with van der Waals surface area (Å²) in [6, 6.07) is 15.9. The first-order valence-electron chi connectivity index (χ1n) is 11.1. The molecule has 3 heterocycles. The molecule has 0 saturated carbocycles. The highest BCUT2D eigenvalue weighted by molar-refractivity contribution is 6.42. The Hall–Kier alpha value is -3.07. The van der Waals surface area contributed by atoms with Gasteiger partial charge >= 0.3 is 0 Å². The van der Waals surface area contributed by atoms with Crippen molar-refractivity contribution in [3.05, 3.63) is 87.7 Å². The highest BCUT2D eigenvalue weighted by Crippen LogP contribution is 2.28. The van der Waals surface area contributed by atoms with E-state index >= 15 is 0 Å². The van der Waals surface area contributed by atoms with Gasteiger partial charge in [-0.3, -0.25) is 9.69 Å². The molecule has 0 unspecified atom stereocenters. The highest BCUT2D eigenvalue weighted by atomic mass is 35.5. The molecular weight excluding hydrogens is 495 g/mol. The molecule has 0 spiro atoms. The number of halogens is 4. The zero-order valence-corrected chi connectivity index (χ0v) is 20.1. The fourth-order valence-electron chi connectivity index (χ4n) is 4.22. The number of hydrogen-bond donors (Lipinski definition) is 0. The Balaban J connectivity index is 1.36. The summed E-state index contributed by atoms with van der Waals surface area (Å²) in [7, 11) is 0. The highest BCUT2D eigenvalue weighted by Gasteiger charge is 2.27. The van der Waals surface area contributed by atoms with Crippen molar-refractivity contribution in [1.29, 1.82) is 0 Å². The minimum atomic E-state index is -2.77. The zero-order valence-electron chi connectivity index (χ0n) is 18.5. The van der Waals surface area contributed by atoms with Crippen molar-refractivity contribution >= 4 is 34.8 Å². The SMILES string of the molecule is O=C(c1cnn2c(C(F)F)cc(-c3ccccc3)nc12)N1CCN(Cc2ccc(Cl)c(Cl)c2)CC1. The van der Waals surface area contributed by atoms with Gasteiger partial charge in [0.15, 0.2) is 5.65 Å². The van der Waals surface area contributed by atoms with Crippen LogP contribution in [0.1, 0.15) is 28.0 Å². The molecule has 35 heavy (non-hydrogen) atoms. The van der Waals surface area contributed by atoms with E-state index in [1.165, 1.54) is 12.3 Å².